The van der Waals surface area contributed by atoms with Crippen LogP contribution in [0.25, 0.3) is 0 Å². The Kier molecular flexibility index (Phi) is 5.79. The molecule has 0 spiro atoms. The van der Waals surface area contributed by atoms with E-state index in [-0.39, 0.29) is 24.6 Å². The lowest BCUT2D eigenvalue weighted by Crippen LogP contribution is -2.20. The van der Waals surface area contributed by atoms with E-state index in [0.717, 1.165) is 11.1 Å². The van der Waals surface area contributed by atoms with Crippen molar-refractivity contribution in [3.05, 3.63) is 35.4 Å². The third-order valence-corrected chi connectivity index (χ3v) is 3.99. The molecule has 0 aromatic heterocycles. The van der Waals surface area contributed by atoms with Gasteiger partial charge in [-0.2, -0.15) is 0 Å². The number of carbonyl (C=O) groups is 4. The van der Waals surface area contributed by atoms with Crippen molar-refractivity contribution in [2.75, 3.05) is 6.61 Å². The van der Waals surface area contributed by atoms with Crippen molar-refractivity contribution in [1.82, 2.24) is 0 Å². The first-order chi connectivity index (χ1) is 11.0. The minimum atomic E-state index is -0.839. The molecule has 1 aliphatic carbocycles. The van der Waals surface area contributed by atoms with Crippen LogP contribution in [0.15, 0.2) is 24.3 Å². The molecule has 0 aliphatic heterocycles. The summed E-state index contributed by atoms with van der Waals surface area (Å²) in [7, 11) is 0. The van der Waals surface area contributed by atoms with Crippen molar-refractivity contribution in [2.45, 2.75) is 39.0 Å². The number of esters is 1. The number of aryl methyl sites for hydroxylation is 1. The summed E-state index contributed by atoms with van der Waals surface area (Å²) in [5.41, 5.74) is 1.88. The lowest BCUT2D eigenvalue weighted by molar-refractivity contribution is -0.143. The lowest BCUT2D eigenvalue weighted by Gasteiger charge is -2.12. The van der Waals surface area contributed by atoms with E-state index in [4.69, 9.17) is 4.74 Å². The Balaban J connectivity index is 2.00. The number of ether oxygens (including phenoxy) is 1. The van der Waals surface area contributed by atoms with Gasteiger partial charge in [0.05, 0.1) is 18.9 Å². The molecule has 23 heavy (non-hydrogen) atoms. The summed E-state index contributed by atoms with van der Waals surface area (Å²) in [4.78, 5) is 46.3. The molecule has 5 nitrogen and oxygen atoms in total. The first-order valence-corrected chi connectivity index (χ1v) is 7.85. The second kappa shape index (κ2) is 7.81. The lowest BCUT2D eigenvalue weighted by atomic mass is 9.91. The fourth-order valence-corrected chi connectivity index (χ4v) is 2.79. The van der Waals surface area contributed by atoms with Crippen molar-refractivity contribution in [2.24, 2.45) is 5.92 Å². The van der Waals surface area contributed by atoms with Crippen LogP contribution in [0, 0.1) is 5.92 Å². The molecule has 1 aromatic carbocycles. The molecule has 5 heteroatoms. The Morgan fingerprint density at radius 2 is 1.87 bits per heavy atom. The Morgan fingerprint density at radius 1 is 1.17 bits per heavy atom. The van der Waals surface area contributed by atoms with Crippen LogP contribution < -0.4 is 0 Å². The second-order valence-corrected chi connectivity index (χ2v) is 5.61. The van der Waals surface area contributed by atoms with E-state index in [1.165, 1.54) is 0 Å². The van der Waals surface area contributed by atoms with E-state index in [2.05, 4.69) is 0 Å². The Hall–Kier alpha value is -2.30. The molecule has 0 N–H and O–H groups in total. The van der Waals surface area contributed by atoms with E-state index in [1.54, 1.807) is 6.92 Å². The van der Waals surface area contributed by atoms with Crippen LogP contribution in [-0.4, -0.2) is 29.9 Å². The molecule has 1 fully saturated rings. The van der Waals surface area contributed by atoms with E-state index in [9.17, 15) is 19.2 Å². The highest BCUT2D eigenvalue weighted by atomic mass is 16.5. The number of Topliss-reactive ketones (excluding diaryl/α,β-unsaturated/α-hetero) is 3. The van der Waals surface area contributed by atoms with E-state index < -0.39 is 17.5 Å². The van der Waals surface area contributed by atoms with Gasteiger partial charge in [0.1, 0.15) is 0 Å². The number of carbonyl (C=O) groups excluding carboxylic acids is 4. The van der Waals surface area contributed by atoms with Crippen LogP contribution >= 0.6 is 0 Å². The third kappa shape index (κ3) is 4.34. The Labute approximate surface area is 135 Å². The van der Waals surface area contributed by atoms with Gasteiger partial charge in [0.25, 0.3) is 0 Å². The van der Waals surface area contributed by atoms with Gasteiger partial charge in [0.15, 0.2) is 5.78 Å². The molecule has 1 aromatic rings. The van der Waals surface area contributed by atoms with Gasteiger partial charge >= 0.3 is 5.97 Å². The quantitative estimate of drug-likeness (QED) is 0.436. The largest absolute Gasteiger partial charge is 0.466 e. The maximum atomic E-state index is 11.8. The standard InChI is InChI=1S/C18H20O5/c1-2-23-17(21)9-5-8-12-6-3-4-7-13(12)10-14-15(19)11-16(20)18(14)22/h3-4,6-7,14H,2,5,8-11H2,1H3. The highest BCUT2D eigenvalue weighted by Crippen LogP contribution is 2.23. The zero-order valence-electron chi connectivity index (χ0n) is 13.2. The molecular weight excluding hydrogens is 296 g/mol. The molecule has 1 unspecified atom stereocenters. The topological polar surface area (TPSA) is 77.5 Å². The fourth-order valence-electron chi connectivity index (χ4n) is 2.79. The first-order valence-electron chi connectivity index (χ1n) is 7.85. The van der Waals surface area contributed by atoms with Gasteiger partial charge < -0.3 is 4.74 Å². The normalized spacial score (nSPS) is 17.6. The highest BCUT2D eigenvalue weighted by molar-refractivity contribution is 6.49. The summed E-state index contributed by atoms with van der Waals surface area (Å²) in [6, 6.07) is 7.51. The van der Waals surface area contributed by atoms with Crippen molar-refractivity contribution in [1.29, 1.82) is 0 Å². The van der Waals surface area contributed by atoms with Crippen molar-refractivity contribution < 1.29 is 23.9 Å². The second-order valence-electron chi connectivity index (χ2n) is 5.61. The summed E-state index contributed by atoms with van der Waals surface area (Å²) in [6.07, 6.45) is 1.63. The molecule has 2 rings (SSSR count). The average molecular weight is 316 g/mol. The maximum absolute atomic E-state index is 11.8. The average Bonchev–Trinajstić information content (AvgIpc) is 2.75. The van der Waals surface area contributed by atoms with Crippen molar-refractivity contribution in [3.63, 3.8) is 0 Å². The zero-order valence-corrected chi connectivity index (χ0v) is 13.2. The minimum absolute atomic E-state index is 0.225. The number of hydrogen-bond acceptors (Lipinski definition) is 5. The van der Waals surface area contributed by atoms with Crippen molar-refractivity contribution >= 4 is 23.3 Å². The van der Waals surface area contributed by atoms with Gasteiger partial charge in [-0.25, -0.2) is 0 Å². The maximum Gasteiger partial charge on any atom is 0.305 e. The summed E-state index contributed by atoms with van der Waals surface area (Å²) < 4.78 is 4.89. The SMILES string of the molecule is CCOC(=O)CCCc1ccccc1CC1C(=O)CC(=O)C1=O. The van der Waals surface area contributed by atoms with Crippen LogP contribution in [0.5, 0.6) is 0 Å². The van der Waals surface area contributed by atoms with Crippen LogP contribution in [0.1, 0.15) is 37.3 Å². The highest BCUT2D eigenvalue weighted by Gasteiger charge is 2.39. The van der Waals surface area contributed by atoms with E-state index >= 15 is 0 Å². The van der Waals surface area contributed by atoms with Gasteiger partial charge in [-0.1, -0.05) is 24.3 Å². The molecule has 0 bridgehead atoms. The molecule has 0 heterocycles. The third-order valence-electron chi connectivity index (χ3n) is 3.99. The molecule has 0 saturated heterocycles. The molecule has 122 valence electrons. The van der Waals surface area contributed by atoms with Gasteiger partial charge in [-0.3, -0.25) is 19.2 Å². The smallest absolute Gasteiger partial charge is 0.305 e. The molecule has 1 aliphatic rings. The predicted octanol–water partition coefficient (Wildman–Crippen LogP) is 1.84. The first kappa shape index (κ1) is 17.1. The number of rotatable bonds is 7. The Bertz CT molecular complexity index is 632. The molecule has 1 saturated carbocycles. The fraction of sp³-hybridized carbons (Fsp3) is 0.444. The summed E-state index contributed by atoms with van der Waals surface area (Å²) in [6.45, 7) is 2.14. The van der Waals surface area contributed by atoms with E-state index in [1.807, 2.05) is 24.3 Å². The van der Waals surface area contributed by atoms with Gasteiger partial charge in [0.2, 0.25) is 11.6 Å². The van der Waals surface area contributed by atoms with Crippen LogP contribution in [0.2, 0.25) is 0 Å². The molecule has 1 atom stereocenters. The van der Waals surface area contributed by atoms with Gasteiger partial charge in [-0.15, -0.1) is 0 Å². The number of ketones is 3. The van der Waals surface area contributed by atoms with Crippen LogP contribution in [0.3, 0.4) is 0 Å². The molecular formula is C18H20O5. The predicted molar refractivity (Wildman–Crippen MR) is 82.8 cm³/mol. The number of benzene rings is 1. The summed E-state index contributed by atoms with van der Waals surface area (Å²) >= 11 is 0. The van der Waals surface area contributed by atoms with Crippen molar-refractivity contribution in [3.8, 4) is 0 Å². The minimum Gasteiger partial charge on any atom is -0.466 e. The zero-order chi connectivity index (χ0) is 16.8. The summed E-state index contributed by atoms with van der Waals surface area (Å²) in [5.74, 6) is -2.51. The van der Waals surface area contributed by atoms with Crippen LogP contribution in [0.4, 0.5) is 0 Å². The Morgan fingerprint density at radius 3 is 2.48 bits per heavy atom. The molecule has 0 amide bonds. The number of hydrogen-bond donors (Lipinski definition) is 0. The summed E-state index contributed by atoms with van der Waals surface area (Å²) in [5, 5.41) is 0. The monoisotopic (exact) mass is 316 g/mol. The van der Waals surface area contributed by atoms with Gasteiger partial charge in [0, 0.05) is 6.42 Å². The molecule has 0 radical (unpaired) electrons. The van der Waals surface area contributed by atoms with Crippen LogP contribution in [-0.2, 0) is 36.8 Å². The van der Waals surface area contributed by atoms with E-state index in [0.29, 0.717) is 25.9 Å². The van der Waals surface area contributed by atoms with Gasteiger partial charge in [-0.05, 0) is 37.3 Å².